The third kappa shape index (κ3) is 5.06. The lowest BCUT2D eigenvalue weighted by Crippen LogP contribution is -2.67. The molecule has 2 bridgehead atoms. The van der Waals surface area contributed by atoms with Gasteiger partial charge in [-0.1, -0.05) is 0 Å². The summed E-state index contributed by atoms with van der Waals surface area (Å²) >= 11 is 0. The van der Waals surface area contributed by atoms with Crippen LogP contribution in [-0.2, 0) is 4.74 Å². The predicted octanol–water partition coefficient (Wildman–Crippen LogP) is 3.07. The van der Waals surface area contributed by atoms with Gasteiger partial charge in [0, 0.05) is 43.6 Å². The first-order valence-corrected chi connectivity index (χ1v) is 12.4. The van der Waals surface area contributed by atoms with Crippen molar-refractivity contribution in [2.75, 3.05) is 31.7 Å². The highest BCUT2D eigenvalue weighted by Crippen LogP contribution is 2.35. The van der Waals surface area contributed by atoms with Crippen LogP contribution < -0.4 is 9.64 Å². The van der Waals surface area contributed by atoms with Crippen molar-refractivity contribution in [1.29, 1.82) is 5.26 Å². The van der Waals surface area contributed by atoms with Gasteiger partial charge in [0.1, 0.15) is 29.8 Å². The SMILES string of the molecule is COC(C)(C)C#CN1C2CC1CN(c1ccc(-c3cc(OCC(C)(C)O)cn4ncc(C#N)c34)cn1)C2. The number of piperazine rings is 1. The lowest BCUT2D eigenvalue weighted by atomic mass is 9.88. The highest BCUT2D eigenvalue weighted by molar-refractivity contribution is 5.85. The second kappa shape index (κ2) is 9.26. The van der Waals surface area contributed by atoms with E-state index < -0.39 is 11.2 Å². The number of aromatic nitrogens is 3. The molecule has 3 aromatic heterocycles. The molecule has 0 aromatic carbocycles. The monoisotopic (exact) mass is 500 g/mol. The van der Waals surface area contributed by atoms with Crippen molar-refractivity contribution in [3.8, 4) is 34.9 Å². The zero-order valence-electron chi connectivity index (χ0n) is 21.9. The summed E-state index contributed by atoms with van der Waals surface area (Å²) in [7, 11) is 1.68. The Morgan fingerprint density at radius 1 is 1.16 bits per heavy atom. The quantitative estimate of drug-likeness (QED) is 0.516. The molecule has 0 spiro atoms. The predicted molar refractivity (Wildman–Crippen MR) is 140 cm³/mol. The molecular weight excluding hydrogens is 468 g/mol. The Kier molecular flexibility index (Phi) is 6.23. The van der Waals surface area contributed by atoms with Crippen LogP contribution in [0.5, 0.6) is 5.75 Å². The van der Waals surface area contributed by atoms with Gasteiger partial charge in [0.15, 0.2) is 0 Å². The molecule has 3 aliphatic rings. The topological polar surface area (TPSA) is 99.1 Å². The number of aliphatic hydroxyl groups is 1. The molecule has 0 amide bonds. The Balaban J connectivity index is 1.37. The van der Waals surface area contributed by atoms with Crippen LogP contribution in [0.4, 0.5) is 5.82 Å². The lowest BCUT2D eigenvalue weighted by Gasteiger charge is -2.55. The van der Waals surface area contributed by atoms with Gasteiger partial charge in [0.25, 0.3) is 0 Å². The first kappa shape index (κ1) is 24.9. The van der Waals surface area contributed by atoms with E-state index >= 15 is 0 Å². The molecule has 9 nitrogen and oxygen atoms in total. The number of nitrogens with zero attached hydrogens (tertiary/aromatic N) is 6. The van der Waals surface area contributed by atoms with Gasteiger partial charge in [-0.3, -0.25) is 0 Å². The molecule has 1 N–H and O–H groups in total. The molecule has 2 unspecified atom stereocenters. The van der Waals surface area contributed by atoms with Crippen molar-refractivity contribution >= 4 is 11.3 Å². The summed E-state index contributed by atoms with van der Waals surface area (Å²) in [5.74, 6) is 4.70. The van der Waals surface area contributed by atoms with Crippen LogP contribution in [0, 0.1) is 23.3 Å². The van der Waals surface area contributed by atoms with E-state index in [2.05, 4.69) is 32.9 Å². The van der Waals surface area contributed by atoms with Crippen molar-refractivity contribution < 1.29 is 14.6 Å². The van der Waals surface area contributed by atoms with Crippen molar-refractivity contribution in [2.45, 2.75) is 57.4 Å². The molecule has 3 fully saturated rings. The fourth-order valence-corrected chi connectivity index (χ4v) is 4.70. The van der Waals surface area contributed by atoms with Crippen molar-refractivity contribution in [3.63, 3.8) is 0 Å². The van der Waals surface area contributed by atoms with Crippen LogP contribution >= 0.6 is 0 Å². The molecule has 0 radical (unpaired) electrons. The average Bonchev–Trinajstić information content (AvgIpc) is 3.30. The van der Waals surface area contributed by atoms with E-state index in [9.17, 15) is 10.4 Å². The molecule has 2 atom stereocenters. The Morgan fingerprint density at radius 2 is 1.92 bits per heavy atom. The molecule has 0 aliphatic carbocycles. The number of fused-ring (bicyclic) bond motifs is 3. The minimum atomic E-state index is -0.976. The van der Waals surface area contributed by atoms with Gasteiger partial charge in [-0.05, 0) is 58.2 Å². The summed E-state index contributed by atoms with van der Waals surface area (Å²) in [5, 5.41) is 24.0. The smallest absolute Gasteiger partial charge is 0.138 e. The van der Waals surface area contributed by atoms with Crippen LogP contribution in [0.25, 0.3) is 16.6 Å². The molecule has 192 valence electrons. The van der Waals surface area contributed by atoms with Crippen LogP contribution in [0.3, 0.4) is 0 Å². The third-order valence-corrected chi connectivity index (χ3v) is 6.87. The number of anilines is 1. The van der Waals surface area contributed by atoms with Gasteiger partial charge in [-0.15, -0.1) is 0 Å². The number of pyridine rings is 2. The Bertz CT molecular complexity index is 1390. The summed E-state index contributed by atoms with van der Waals surface area (Å²) in [4.78, 5) is 9.34. The average molecular weight is 501 g/mol. The van der Waals surface area contributed by atoms with Crippen LogP contribution in [0.15, 0.2) is 36.8 Å². The van der Waals surface area contributed by atoms with Crippen molar-refractivity contribution in [1.82, 2.24) is 19.5 Å². The number of nitriles is 1. The van der Waals surface area contributed by atoms with Crippen molar-refractivity contribution in [2.24, 2.45) is 0 Å². The Labute approximate surface area is 217 Å². The molecular formula is C28H32N6O3. The van der Waals surface area contributed by atoms with Crippen LogP contribution in [0.2, 0.25) is 0 Å². The maximum atomic E-state index is 10.1. The van der Waals surface area contributed by atoms with Gasteiger partial charge >= 0.3 is 0 Å². The van der Waals surface area contributed by atoms with E-state index in [-0.39, 0.29) is 6.61 Å². The van der Waals surface area contributed by atoms with E-state index in [1.807, 2.05) is 38.2 Å². The van der Waals surface area contributed by atoms with Gasteiger partial charge in [-0.2, -0.15) is 10.4 Å². The normalized spacial score (nSPS) is 19.2. The lowest BCUT2D eigenvalue weighted by molar-refractivity contribution is 0.0283. The minimum absolute atomic E-state index is 0.128. The maximum Gasteiger partial charge on any atom is 0.138 e. The summed E-state index contributed by atoms with van der Waals surface area (Å²) in [6.07, 6.45) is 6.24. The van der Waals surface area contributed by atoms with Gasteiger partial charge < -0.3 is 24.4 Å². The molecule has 9 heteroatoms. The fourth-order valence-electron chi connectivity index (χ4n) is 4.70. The molecule has 6 rings (SSSR count). The summed E-state index contributed by atoms with van der Waals surface area (Å²) < 4.78 is 12.9. The number of methoxy groups -OCH3 is 1. The second-order valence-corrected chi connectivity index (χ2v) is 10.9. The van der Waals surface area contributed by atoms with Crippen molar-refractivity contribution in [3.05, 3.63) is 42.4 Å². The molecule has 0 saturated carbocycles. The highest BCUT2D eigenvalue weighted by Gasteiger charge is 2.44. The van der Waals surface area contributed by atoms with E-state index in [1.54, 1.807) is 37.9 Å². The number of hydrogen-bond acceptors (Lipinski definition) is 8. The van der Waals surface area contributed by atoms with Gasteiger partial charge in [0.2, 0.25) is 0 Å². The summed E-state index contributed by atoms with van der Waals surface area (Å²) in [5.41, 5.74) is 1.39. The van der Waals surface area contributed by atoms with E-state index in [4.69, 9.17) is 14.5 Å². The first-order chi connectivity index (χ1) is 17.6. The van der Waals surface area contributed by atoms with E-state index in [0.29, 0.717) is 28.9 Å². The van der Waals surface area contributed by atoms with Gasteiger partial charge in [0.05, 0.1) is 41.2 Å². The highest BCUT2D eigenvalue weighted by atomic mass is 16.5. The second-order valence-electron chi connectivity index (χ2n) is 10.9. The summed E-state index contributed by atoms with van der Waals surface area (Å²) in [6.45, 7) is 9.19. The van der Waals surface area contributed by atoms with Crippen LogP contribution in [0.1, 0.15) is 39.7 Å². The minimum Gasteiger partial charge on any atom is -0.489 e. The van der Waals surface area contributed by atoms with E-state index in [0.717, 1.165) is 36.5 Å². The number of piperidine rings is 1. The maximum absolute atomic E-state index is 10.1. The number of hydrogen-bond donors (Lipinski definition) is 1. The molecule has 3 aromatic rings. The zero-order valence-corrected chi connectivity index (χ0v) is 21.9. The number of ether oxygens (including phenoxy) is 2. The first-order valence-electron chi connectivity index (χ1n) is 12.4. The summed E-state index contributed by atoms with van der Waals surface area (Å²) in [6, 6.07) is 12.2. The van der Waals surface area contributed by atoms with E-state index in [1.165, 1.54) is 0 Å². The Morgan fingerprint density at radius 3 is 2.54 bits per heavy atom. The number of rotatable bonds is 6. The van der Waals surface area contributed by atoms with Crippen LogP contribution in [-0.4, -0.2) is 74.7 Å². The largest absolute Gasteiger partial charge is 0.489 e. The molecule has 3 aliphatic heterocycles. The fraction of sp³-hybridized carbons (Fsp3) is 0.464. The molecule has 37 heavy (non-hydrogen) atoms. The Hall–Kier alpha value is -3.79. The molecule has 3 saturated heterocycles. The third-order valence-electron chi connectivity index (χ3n) is 6.87. The molecule has 6 heterocycles. The zero-order chi connectivity index (χ0) is 26.4. The standard InChI is InChI=1S/C28H32N6O3/c1-27(2,35)18-37-23-11-24(26-20(12-29)14-31-34(26)17-23)19-6-7-25(30-13-19)32-15-21-10-22(16-32)33(21)9-8-28(3,4)36-5/h6-7,11,13-14,17,21-22,35H,10,15-16,18H2,1-5H3. The van der Waals surface area contributed by atoms with Gasteiger partial charge in [-0.25, -0.2) is 9.50 Å².